The third kappa shape index (κ3) is 2.31. The first-order chi connectivity index (χ1) is 9.62. The monoisotopic (exact) mass is 334 g/mol. The molecule has 0 radical (unpaired) electrons. The summed E-state index contributed by atoms with van der Waals surface area (Å²) in [6.45, 7) is 0. The first kappa shape index (κ1) is 13.5. The number of hydrogen-bond acceptors (Lipinski definition) is 4. The van der Waals surface area contributed by atoms with Crippen LogP contribution >= 0.6 is 15.9 Å². The summed E-state index contributed by atoms with van der Waals surface area (Å²) in [4.78, 5) is 8.42. The van der Waals surface area contributed by atoms with Crippen LogP contribution in [-0.4, -0.2) is 22.2 Å². The van der Waals surface area contributed by atoms with E-state index >= 15 is 0 Å². The summed E-state index contributed by atoms with van der Waals surface area (Å²) in [5.41, 5.74) is 1.93. The zero-order valence-electron chi connectivity index (χ0n) is 11.1. The number of rotatable bonds is 2. The third-order valence-electron chi connectivity index (χ3n) is 3.76. The number of hydrogen-bond donors (Lipinski definition) is 1. The Hall–Kier alpha value is -1.46. The lowest BCUT2D eigenvalue weighted by Gasteiger charge is -2.33. The van der Waals surface area contributed by atoms with Gasteiger partial charge in [0.2, 0.25) is 5.88 Å². The van der Waals surface area contributed by atoms with Gasteiger partial charge in [0.05, 0.1) is 7.11 Å². The number of halogens is 1. The summed E-state index contributed by atoms with van der Waals surface area (Å²) in [6, 6.07) is 6.16. The highest BCUT2D eigenvalue weighted by atomic mass is 79.9. The fourth-order valence-corrected chi connectivity index (χ4v) is 3.15. The molecule has 4 nitrogen and oxygen atoms in total. The molecule has 1 N–H and O–H groups in total. The number of aryl methyl sites for hydroxylation is 1. The van der Waals surface area contributed by atoms with Crippen LogP contribution in [0.5, 0.6) is 5.88 Å². The molecule has 0 bridgehead atoms. The number of methoxy groups -OCH3 is 1. The quantitative estimate of drug-likeness (QED) is 0.917. The second-order valence-corrected chi connectivity index (χ2v) is 5.95. The van der Waals surface area contributed by atoms with Gasteiger partial charge in [-0.1, -0.05) is 22.0 Å². The first-order valence-corrected chi connectivity index (χ1v) is 7.27. The van der Waals surface area contributed by atoms with Crippen molar-refractivity contribution >= 4 is 15.9 Å². The molecule has 20 heavy (non-hydrogen) atoms. The molecule has 1 heterocycles. The summed E-state index contributed by atoms with van der Waals surface area (Å²) >= 11 is 3.48. The second kappa shape index (κ2) is 5.14. The van der Waals surface area contributed by atoms with E-state index in [0.29, 0.717) is 24.4 Å². The van der Waals surface area contributed by atoms with Crippen molar-refractivity contribution in [1.29, 1.82) is 0 Å². The largest absolute Gasteiger partial charge is 0.480 e. The van der Waals surface area contributed by atoms with Crippen molar-refractivity contribution < 1.29 is 9.84 Å². The van der Waals surface area contributed by atoms with Crippen molar-refractivity contribution in [3.63, 3.8) is 0 Å². The van der Waals surface area contributed by atoms with E-state index in [1.165, 1.54) is 5.56 Å². The number of fused-ring (bicyclic) bond motifs is 1. The molecular formula is C15H15BrN2O2. The molecule has 1 aliphatic carbocycles. The second-order valence-electron chi connectivity index (χ2n) is 5.04. The van der Waals surface area contributed by atoms with Gasteiger partial charge in [0, 0.05) is 23.3 Å². The Labute approximate surface area is 126 Å². The van der Waals surface area contributed by atoms with Gasteiger partial charge in [-0.05, 0) is 36.1 Å². The van der Waals surface area contributed by atoms with Crippen LogP contribution in [0.25, 0.3) is 0 Å². The third-order valence-corrected chi connectivity index (χ3v) is 4.25. The van der Waals surface area contributed by atoms with Gasteiger partial charge in [-0.2, -0.15) is 0 Å². The summed E-state index contributed by atoms with van der Waals surface area (Å²) in [5, 5.41) is 11.0. The average molecular weight is 335 g/mol. The maximum Gasteiger partial charge on any atom is 0.238 e. The Morgan fingerprint density at radius 2 is 2.05 bits per heavy atom. The first-order valence-electron chi connectivity index (χ1n) is 6.47. The zero-order chi connectivity index (χ0) is 14.2. The van der Waals surface area contributed by atoms with Crippen molar-refractivity contribution in [3.05, 3.63) is 51.9 Å². The lowest BCUT2D eigenvalue weighted by atomic mass is 9.78. The highest BCUT2D eigenvalue weighted by Gasteiger charge is 2.38. The summed E-state index contributed by atoms with van der Waals surface area (Å²) in [7, 11) is 1.55. The van der Waals surface area contributed by atoms with Gasteiger partial charge in [-0.25, -0.2) is 4.98 Å². The molecular weight excluding hydrogens is 320 g/mol. The average Bonchev–Trinajstić information content (AvgIpc) is 2.47. The van der Waals surface area contributed by atoms with Gasteiger partial charge in [-0.3, -0.25) is 4.98 Å². The van der Waals surface area contributed by atoms with E-state index in [1.807, 2.05) is 12.1 Å². The molecule has 0 saturated heterocycles. The van der Waals surface area contributed by atoms with Crippen LogP contribution in [0.1, 0.15) is 23.2 Å². The molecule has 5 heteroatoms. The summed E-state index contributed by atoms with van der Waals surface area (Å²) in [6.07, 6.45) is 5.12. The van der Waals surface area contributed by atoms with Gasteiger partial charge in [0.25, 0.3) is 0 Å². The summed E-state index contributed by atoms with van der Waals surface area (Å²) < 4.78 is 6.30. The number of aliphatic hydroxyl groups is 1. The van der Waals surface area contributed by atoms with E-state index in [1.54, 1.807) is 19.5 Å². The maximum absolute atomic E-state index is 11.0. The van der Waals surface area contributed by atoms with Crippen molar-refractivity contribution in [2.75, 3.05) is 7.11 Å². The lowest BCUT2D eigenvalue weighted by Crippen LogP contribution is -2.34. The molecule has 1 aromatic heterocycles. The standard InChI is InChI=1S/C15H15BrN2O2/c1-20-14-13(17-6-7-18-14)15(19)5-4-10-8-12(16)3-2-11(10)9-15/h2-3,6-8,19H,4-5,9H2,1H3. The SMILES string of the molecule is COc1nccnc1C1(O)CCc2cc(Br)ccc2C1. The van der Waals surface area contributed by atoms with E-state index in [-0.39, 0.29) is 0 Å². The zero-order valence-corrected chi connectivity index (χ0v) is 12.7. The van der Waals surface area contributed by atoms with Crippen LogP contribution in [0.4, 0.5) is 0 Å². The van der Waals surface area contributed by atoms with E-state index < -0.39 is 5.60 Å². The Balaban J connectivity index is 2.00. The molecule has 1 atom stereocenters. The fourth-order valence-electron chi connectivity index (χ4n) is 2.74. The number of ether oxygens (including phenoxy) is 1. The number of aromatic nitrogens is 2. The molecule has 1 aliphatic rings. The van der Waals surface area contributed by atoms with Gasteiger partial charge >= 0.3 is 0 Å². The maximum atomic E-state index is 11.0. The predicted octanol–water partition coefficient (Wildman–Crippen LogP) is 2.62. The van der Waals surface area contributed by atoms with Crippen LogP contribution in [-0.2, 0) is 18.4 Å². The minimum atomic E-state index is -1.01. The van der Waals surface area contributed by atoms with Crippen molar-refractivity contribution in [2.45, 2.75) is 24.9 Å². The summed E-state index contributed by atoms with van der Waals surface area (Å²) in [5.74, 6) is 0.399. The lowest BCUT2D eigenvalue weighted by molar-refractivity contribution is 0.0149. The molecule has 0 saturated carbocycles. The molecule has 1 unspecified atom stereocenters. The van der Waals surface area contributed by atoms with Gasteiger partial charge in [0.15, 0.2) is 0 Å². The predicted molar refractivity (Wildman–Crippen MR) is 78.6 cm³/mol. The molecule has 0 amide bonds. The van der Waals surface area contributed by atoms with Crippen molar-refractivity contribution in [1.82, 2.24) is 9.97 Å². The van der Waals surface area contributed by atoms with E-state index in [2.05, 4.69) is 32.0 Å². The Bertz CT molecular complexity index is 648. The Morgan fingerprint density at radius 1 is 1.25 bits per heavy atom. The molecule has 1 aromatic carbocycles. The van der Waals surface area contributed by atoms with E-state index in [9.17, 15) is 5.11 Å². The van der Waals surface area contributed by atoms with E-state index in [4.69, 9.17) is 4.74 Å². The highest BCUT2D eigenvalue weighted by molar-refractivity contribution is 9.10. The van der Waals surface area contributed by atoms with Crippen LogP contribution in [0.2, 0.25) is 0 Å². The normalized spacial score (nSPS) is 21.4. The van der Waals surface area contributed by atoms with Crippen LogP contribution in [0.3, 0.4) is 0 Å². The molecule has 0 spiro atoms. The van der Waals surface area contributed by atoms with Gasteiger partial charge in [-0.15, -0.1) is 0 Å². The molecule has 104 valence electrons. The molecule has 0 fully saturated rings. The van der Waals surface area contributed by atoms with Crippen LogP contribution in [0, 0.1) is 0 Å². The van der Waals surface area contributed by atoms with Crippen LogP contribution < -0.4 is 4.74 Å². The molecule has 3 rings (SSSR count). The van der Waals surface area contributed by atoms with Gasteiger partial charge < -0.3 is 9.84 Å². The molecule has 0 aliphatic heterocycles. The van der Waals surface area contributed by atoms with Crippen molar-refractivity contribution in [2.24, 2.45) is 0 Å². The fraction of sp³-hybridized carbons (Fsp3) is 0.333. The molecule has 2 aromatic rings. The number of nitrogens with zero attached hydrogens (tertiary/aromatic N) is 2. The van der Waals surface area contributed by atoms with Crippen LogP contribution in [0.15, 0.2) is 35.1 Å². The van der Waals surface area contributed by atoms with Crippen molar-refractivity contribution in [3.8, 4) is 5.88 Å². The Morgan fingerprint density at radius 3 is 2.85 bits per heavy atom. The topological polar surface area (TPSA) is 55.2 Å². The minimum Gasteiger partial charge on any atom is -0.480 e. The van der Waals surface area contributed by atoms with E-state index in [0.717, 1.165) is 16.5 Å². The highest BCUT2D eigenvalue weighted by Crippen LogP contribution is 2.39. The number of benzene rings is 1. The Kier molecular flexibility index (Phi) is 3.48. The smallest absolute Gasteiger partial charge is 0.238 e. The minimum absolute atomic E-state index is 0.399. The van der Waals surface area contributed by atoms with Gasteiger partial charge in [0.1, 0.15) is 11.3 Å².